The second kappa shape index (κ2) is 4.94. The van der Waals surface area contributed by atoms with Crippen molar-refractivity contribution in [2.45, 2.75) is 27.3 Å². The summed E-state index contributed by atoms with van der Waals surface area (Å²) in [5, 5.41) is 7.86. The molecule has 1 aromatic heterocycles. The van der Waals surface area contributed by atoms with Gasteiger partial charge in [0.25, 0.3) is 0 Å². The molecule has 2 rings (SSSR count). The lowest BCUT2D eigenvalue weighted by Crippen LogP contribution is -2.10. The van der Waals surface area contributed by atoms with Gasteiger partial charge in [0.15, 0.2) is 0 Å². The predicted molar refractivity (Wildman–Crippen MR) is 75.6 cm³/mol. The van der Waals surface area contributed by atoms with Crippen LogP contribution in [-0.2, 0) is 13.6 Å². The molecule has 0 bridgehead atoms. The van der Waals surface area contributed by atoms with Crippen molar-refractivity contribution in [1.29, 1.82) is 0 Å². The second-order valence-corrected chi connectivity index (χ2v) is 4.89. The van der Waals surface area contributed by atoms with Crippen molar-refractivity contribution < 1.29 is 0 Å². The molecular weight excluding hydrogens is 222 g/mol. The van der Waals surface area contributed by atoms with Crippen molar-refractivity contribution in [1.82, 2.24) is 15.1 Å². The first-order valence-corrected chi connectivity index (χ1v) is 6.29. The first-order chi connectivity index (χ1) is 8.54. The Morgan fingerprint density at radius 3 is 2.56 bits per heavy atom. The van der Waals surface area contributed by atoms with Gasteiger partial charge in [0, 0.05) is 19.2 Å². The van der Waals surface area contributed by atoms with Crippen LogP contribution in [0.3, 0.4) is 0 Å². The Kier molecular flexibility index (Phi) is 3.53. The molecule has 0 spiro atoms. The summed E-state index contributed by atoms with van der Waals surface area (Å²) in [6.07, 6.45) is 0. The third-order valence-corrected chi connectivity index (χ3v) is 3.41. The second-order valence-electron chi connectivity index (χ2n) is 4.89. The molecule has 3 nitrogen and oxygen atoms in total. The lowest BCUT2D eigenvalue weighted by molar-refractivity contribution is 0.671. The van der Waals surface area contributed by atoms with E-state index in [9.17, 15) is 0 Å². The lowest BCUT2D eigenvalue weighted by Gasteiger charge is -2.05. The summed E-state index contributed by atoms with van der Waals surface area (Å²) < 4.78 is 1.97. The van der Waals surface area contributed by atoms with Crippen LogP contribution in [-0.4, -0.2) is 16.8 Å². The van der Waals surface area contributed by atoms with Crippen LogP contribution >= 0.6 is 0 Å². The van der Waals surface area contributed by atoms with Crippen LogP contribution < -0.4 is 5.32 Å². The minimum atomic E-state index is 0.847. The Bertz CT molecular complexity index is 567. The molecule has 0 saturated heterocycles. The molecule has 1 heterocycles. The predicted octanol–water partition coefficient (Wildman–Crippen LogP) is 2.73. The molecule has 2 aromatic rings. The molecule has 1 N–H and O–H groups in total. The highest BCUT2D eigenvalue weighted by atomic mass is 15.3. The van der Waals surface area contributed by atoms with Crippen LogP contribution in [0, 0.1) is 20.8 Å². The van der Waals surface area contributed by atoms with E-state index in [0.29, 0.717) is 0 Å². The summed E-state index contributed by atoms with van der Waals surface area (Å²) in [6.45, 7) is 7.26. The summed E-state index contributed by atoms with van der Waals surface area (Å²) >= 11 is 0. The quantitative estimate of drug-likeness (QED) is 0.898. The monoisotopic (exact) mass is 243 g/mol. The van der Waals surface area contributed by atoms with Crippen LogP contribution in [0.15, 0.2) is 18.2 Å². The van der Waals surface area contributed by atoms with Gasteiger partial charge in [-0.1, -0.05) is 23.8 Å². The van der Waals surface area contributed by atoms with Gasteiger partial charge in [-0.2, -0.15) is 5.10 Å². The number of aromatic nitrogens is 2. The molecule has 0 saturated carbocycles. The van der Waals surface area contributed by atoms with E-state index in [1.54, 1.807) is 0 Å². The summed E-state index contributed by atoms with van der Waals surface area (Å²) in [5.74, 6) is 0. The van der Waals surface area contributed by atoms with Crippen molar-refractivity contribution in [3.63, 3.8) is 0 Å². The van der Waals surface area contributed by atoms with Crippen LogP contribution in [0.2, 0.25) is 0 Å². The van der Waals surface area contributed by atoms with E-state index < -0.39 is 0 Å². The van der Waals surface area contributed by atoms with Crippen LogP contribution in [0.5, 0.6) is 0 Å². The number of hydrogen-bond donors (Lipinski definition) is 1. The van der Waals surface area contributed by atoms with Gasteiger partial charge >= 0.3 is 0 Å². The van der Waals surface area contributed by atoms with E-state index in [0.717, 1.165) is 12.2 Å². The molecule has 96 valence electrons. The number of nitrogens with one attached hydrogen (secondary N) is 1. The van der Waals surface area contributed by atoms with E-state index >= 15 is 0 Å². The number of aryl methyl sites for hydroxylation is 3. The molecule has 0 aliphatic rings. The van der Waals surface area contributed by atoms with Gasteiger partial charge < -0.3 is 5.32 Å². The smallest absolute Gasteiger partial charge is 0.0958 e. The fourth-order valence-corrected chi connectivity index (χ4v) is 2.41. The van der Waals surface area contributed by atoms with Gasteiger partial charge in [0.2, 0.25) is 0 Å². The Hall–Kier alpha value is -1.61. The van der Waals surface area contributed by atoms with E-state index in [1.807, 2.05) is 18.8 Å². The fourth-order valence-electron chi connectivity index (χ4n) is 2.41. The number of rotatable bonds is 3. The lowest BCUT2D eigenvalue weighted by atomic mass is 10.00. The largest absolute Gasteiger partial charge is 0.314 e. The Balaban J connectivity index is 2.54. The average Bonchev–Trinajstić information content (AvgIpc) is 2.58. The zero-order chi connectivity index (χ0) is 13.3. The maximum atomic E-state index is 4.67. The SMILES string of the molecule is CNCc1c(C)c(-c2ccc(C)cc2C)nn1C. The summed E-state index contributed by atoms with van der Waals surface area (Å²) in [7, 11) is 3.97. The van der Waals surface area contributed by atoms with Crippen molar-refractivity contribution in [2.75, 3.05) is 7.05 Å². The number of hydrogen-bond acceptors (Lipinski definition) is 2. The van der Waals surface area contributed by atoms with E-state index in [4.69, 9.17) is 0 Å². The molecule has 0 fully saturated rings. The fraction of sp³-hybridized carbons (Fsp3) is 0.400. The Labute approximate surface area is 109 Å². The standard InChI is InChI=1S/C15H21N3/c1-10-6-7-13(11(2)8-10)15-12(3)14(9-16-4)18(5)17-15/h6-8,16H,9H2,1-5H3. The third-order valence-electron chi connectivity index (χ3n) is 3.41. The molecule has 3 heteroatoms. The van der Waals surface area contributed by atoms with Gasteiger partial charge in [-0.15, -0.1) is 0 Å². The third kappa shape index (κ3) is 2.18. The van der Waals surface area contributed by atoms with Crippen molar-refractivity contribution in [2.24, 2.45) is 7.05 Å². The summed E-state index contributed by atoms with van der Waals surface area (Å²) in [4.78, 5) is 0. The van der Waals surface area contributed by atoms with Crippen LogP contribution in [0.25, 0.3) is 11.3 Å². The minimum absolute atomic E-state index is 0.847. The van der Waals surface area contributed by atoms with Gasteiger partial charge in [-0.25, -0.2) is 0 Å². The maximum Gasteiger partial charge on any atom is 0.0958 e. The van der Waals surface area contributed by atoms with Crippen molar-refractivity contribution in [3.05, 3.63) is 40.6 Å². The van der Waals surface area contributed by atoms with Crippen LogP contribution in [0.1, 0.15) is 22.4 Å². The topological polar surface area (TPSA) is 29.9 Å². The van der Waals surface area contributed by atoms with E-state index in [2.05, 4.69) is 49.4 Å². The first kappa shape index (κ1) is 12.8. The zero-order valence-corrected chi connectivity index (χ0v) is 11.8. The Morgan fingerprint density at radius 1 is 1.22 bits per heavy atom. The van der Waals surface area contributed by atoms with Gasteiger partial charge in [-0.05, 0) is 38.9 Å². The molecule has 0 amide bonds. The van der Waals surface area contributed by atoms with Gasteiger partial charge in [0.05, 0.1) is 11.4 Å². The first-order valence-electron chi connectivity index (χ1n) is 6.29. The van der Waals surface area contributed by atoms with Gasteiger partial charge in [-0.3, -0.25) is 4.68 Å². The molecule has 0 atom stereocenters. The molecule has 0 aliphatic carbocycles. The summed E-state index contributed by atoms with van der Waals surface area (Å²) in [6, 6.07) is 6.53. The highest BCUT2D eigenvalue weighted by Crippen LogP contribution is 2.27. The molecule has 0 unspecified atom stereocenters. The molecular formula is C15H21N3. The Morgan fingerprint density at radius 2 is 1.94 bits per heavy atom. The molecule has 0 aliphatic heterocycles. The highest BCUT2D eigenvalue weighted by molar-refractivity contribution is 5.67. The maximum absolute atomic E-state index is 4.67. The van der Waals surface area contributed by atoms with Crippen LogP contribution in [0.4, 0.5) is 0 Å². The zero-order valence-electron chi connectivity index (χ0n) is 11.8. The molecule has 18 heavy (non-hydrogen) atoms. The number of benzene rings is 1. The molecule has 0 radical (unpaired) electrons. The minimum Gasteiger partial charge on any atom is -0.314 e. The average molecular weight is 243 g/mol. The van der Waals surface area contributed by atoms with E-state index in [-0.39, 0.29) is 0 Å². The molecule has 1 aromatic carbocycles. The van der Waals surface area contributed by atoms with E-state index in [1.165, 1.54) is 27.9 Å². The summed E-state index contributed by atoms with van der Waals surface area (Å²) in [5.41, 5.74) is 7.41. The highest BCUT2D eigenvalue weighted by Gasteiger charge is 2.14. The normalized spacial score (nSPS) is 10.9. The van der Waals surface area contributed by atoms with Crippen molar-refractivity contribution >= 4 is 0 Å². The number of nitrogens with zero attached hydrogens (tertiary/aromatic N) is 2. The van der Waals surface area contributed by atoms with Gasteiger partial charge in [0.1, 0.15) is 0 Å². The van der Waals surface area contributed by atoms with Crippen molar-refractivity contribution in [3.8, 4) is 11.3 Å².